The summed E-state index contributed by atoms with van der Waals surface area (Å²) in [5, 5.41) is 13.5. The molecule has 2 heterocycles. The van der Waals surface area contributed by atoms with Gasteiger partial charge in [-0.1, -0.05) is 60.7 Å². The van der Waals surface area contributed by atoms with Crippen LogP contribution in [0.2, 0.25) is 0 Å². The molecule has 0 fully saturated rings. The van der Waals surface area contributed by atoms with E-state index in [4.69, 9.17) is 0 Å². The van der Waals surface area contributed by atoms with Crippen molar-refractivity contribution in [2.45, 2.75) is 51.7 Å². The number of amides is 2. The number of aromatic nitrogens is 3. The van der Waals surface area contributed by atoms with Crippen LogP contribution >= 0.6 is 11.3 Å². The number of carbonyl (C=O) groups excluding carboxylic acids is 2. The third-order valence-corrected chi connectivity index (χ3v) is 7.15. The molecule has 0 aliphatic heterocycles. The van der Waals surface area contributed by atoms with Crippen LogP contribution in [0.3, 0.4) is 0 Å². The first-order chi connectivity index (χ1) is 16.9. The van der Waals surface area contributed by atoms with Crippen LogP contribution in [0.1, 0.15) is 43.7 Å². The van der Waals surface area contributed by atoms with E-state index in [1.54, 1.807) is 9.58 Å². The molecule has 0 spiro atoms. The monoisotopic (exact) mass is 489 g/mol. The lowest BCUT2D eigenvalue weighted by atomic mass is 10.0. The lowest BCUT2D eigenvalue weighted by Gasteiger charge is -2.34. The van der Waals surface area contributed by atoms with Crippen molar-refractivity contribution in [3.8, 4) is 0 Å². The van der Waals surface area contributed by atoms with Crippen molar-refractivity contribution in [3.05, 3.63) is 82.6 Å². The zero-order chi connectivity index (χ0) is 24.8. The number of nitrogens with zero attached hydrogens (tertiary/aromatic N) is 4. The molecule has 2 aromatic heterocycles. The van der Waals surface area contributed by atoms with E-state index in [9.17, 15) is 9.59 Å². The van der Waals surface area contributed by atoms with Gasteiger partial charge < -0.3 is 10.2 Å². The maximum atomic E-state index is 13.8. The summed E-state index contributed by atoms with van der Waals surface area (Å²) in [6, 6.07) is 20.7. The number of rotatable bonds is 10. The predicted octanol–water partition coefficient (Wildman–Crippen LogP) is 4.61. The zero-order valence-corrected chi connectivity index (χ0v) is 21.2. The summed E-state index contributed by atoms with van der Waals surface area (Å²) in [4.78, 5) is 30.0. The second kappa shape index (κ2) is 10.8. The van der Waals surface area contributed by atoms with Gasteiger partial charge in [0.15, 0.2) is 0 Å². The summed E-state index contributed by atoms with van der Waals surface area (Å²) in [5.74, 6) is -0.358. The molecule has 182 valence electrons. The molecule has 0 saturated carbocycles. The normalized spacial score (nSPS) is 12.4. The Hall–Kier alpha value is -3.52. The molecule has 0 saturated heterocycles. The lowest BCUT2D eigenvalue weighted by molar-refractivity contribution is -0.142. The molecule has 2 amide bonds. The largest absolute Gasteiger partial charge is 0.349 e. The van der Waals surface area contributed by atoms with Gasteiger partial charge in [-0.15, -0.1) is 16.4 Å². The smallest absolute Gasteiger partial charge is 0.248 e. The molecule has 1 N–H and O–H groups in total. The minimum atomic E-state index is -0.730. The van der Waals surface area contributed by atoms with Gasteiger partial charge >= 0.3 is 0 Å². The lowest BCUT2D eigenvalue weighted by Crippen LogP contribution is -2.51. The van der Waals surface area contributed by atoms with E-state index in [1.165, 1.54) is 11.3 Å². The minimum absolute atomic E-state index is 0.00162. The number of benzene rings is 2. The first kappa shape index (κ1) is 24.6. The number of thiophene rings is 1. The fourth-order valence-corrected chi connectivity index (χ4v) is 4.74. The van der Waals surface area contributed by atoms with Crippen LogP contribution in [-0.2, 0) is 22.6 Å². The molecule has 0 unspecified atom stereocenters. The maximum Gasteiger partial charge on any atom is 0.248 e. The maximum absolute atomic E-state index is 13.8. The number of hydrogen-bond donors (Lipinski definition) is 1. The van der Waals surface area contributed by atoms with Crippen molar-refractivity contribution in [2.75, 3.05) is 6.54 Å². The molecule has 0 radical (unpaired) electrons. The van der Waals surface area contributed by atoms with Crippen molar-refractivity contribution in [1.29, 1.82) is 0 Å². The fraction of sp³-hybridized carbons (Fsp3) is 0.333. The SMILES string of the molecule is CCC(C)(C)NC(=O)[C@@H](c1cccs1)N(CCc1ccccc1)C(=O)Cn1nnc2ccccc21. The van der Waals surface area contributed by atoms with E-state index >= 15 is 0 Å². The average molecular weight is 490 g/mol. The molecule has 4 rings (SSSR count). The van der Waals surface area contributed by atoms with Gasteiger partial charge in [0, 0.05) is 17.0 Å². The van der Waals surface area contributed by atoms with Gasteiger partial charge in [-0.2, -0.15) is 0 Å². The van der Waals surface area contributed by atoms with Crippen molar-refractivity contribution in [1.82, 2.24) is 25.2 Å². The summed E-state index contributed by atoms with van der Waals surface area (Å²) in [5.41, 5.74) is 2.24. The second-order valence-electron chi connectivity index (χ2n) is 9.20. The van der Waals surface area contributed by atoms with Gasteiger partial charge in [0.1, 0.15) is 18.1 Å². The first-order valence-electron chi connectivity index (χ1n) is 11.8. The second-order valence-corrected chi connectivity index (χ2v) is 10.2. The summed E-state index contributed by atoms with van der Waals surface area (Å²) in [7, 11) is 0. The number of fused-ring (bicyclic) bond motifs is 1. The highest BCUT2D eigenvalue weighted by atomic mass is 32.1. The Morgan fingerprint density at radius 1 is 1.06 bits per heavy atom. The fourth-order valence-electron chi connectivity index (χ4n) is 3.91. The Balaban J connectivity index is 1.67. The Morgan fingerprint density at radius 2 is 1.80 bits per heavy atom. The summed E-state index contributed by atoms with van der Waals surface area (Å²) in [6.07, 6.45) is 1.41. The number of carbonyl (C=O) groups is 2. The number of hydrogen-bond acceptors (Lipinski definition) is 5. The van der Waals surface area contributed by atoms with E-state index in [0.29, 0.717) is 13.0 Å². The number of para-hydroxylation sites is 1. The van der Waals surface area contributed by atoms with E-state index in [-0.39, 0.29) is 23.9 Å². The van der Waals surface area contributed by atoms with Gasteiger partial charge in [0.25, 0.3) is 0 Å². The van der Waals surface area contributed by atoms with Crippen LogP contribution in [-0.4, -0.2) is 43.8 Å². The third-order valence-electron chi connectivity index (χ3n) is 6.23. The zero-order valence-electron chi connectivity index (χ0n) is 20.3. The van der Waals surface area contributed by atoms with Gasteiger partial charge in [-0.25, -0.2) is 4.68 Å². The Labute approximate surface area is 209 Å². The molecule has 0 bridgehead atoms. The molecule has 35 heavy (non-hydrogen) atoms. The molecule has 0 aliphatic rings. The molecule has 1 atom stereocenters. The highest BCUT2D eigenvalue weighted by Gasteiger charge is 2.34. The van der Waals surface area contributed by atoms with Crippen LogP contribution in [0.25, 0.3) is 11.0 Å². The first-order valence-corrected chi connectivity index (χ1v) is 12.7. The number of nitrogens with one attached hydrogen (secondary N) is 1. The van der Waals surface area contributed by atoms with Crippen LogP contribution in [0.15, 0.2) is 72.1 Å². The summed E-state index contributed by atoms with van der Waals surface area (Å²) in [6.45, 7) is 6.43. The Kier molecular flexibility index (Phi) is 7.60. The Bertz CT molecular complexity index is 1270. The van der Waals surface area contributed by atoms with E-state index in [0.717, 1.165) is 27.9 Å². The third kappa shape index (κ3) is 5.95. The van der Waals surface area contributed by atoms with E-state index in [1.807, 2.05) is 92.9 Å². The standard InChI is InChI=1S/C27H31N5O2S/c1-4-27(2,3)28-26(34)25(23-15-10-18-35-23)31(17-16-20-11-6-5-7-12-20)24(33)19-32-22-14-9-8-13-21(22)29-30-32/h5-15,18,25H,4,16-17,19H2,1-3H3,(H,28,34)/t25-/m1/s1. The van der Waals surface area contributed by atoms with Gasteiger partial charge in [-0.05, 0) is 55.8 Å². The molecule has 2 aromatic carbocycles. The van der Waals surface area contributed by atoms with Gasteiger partial charge in [-0.3, -0.25) is 9.59 Å². The van der Waals surface area contributed by atoms with E-state index in [2.05, 4.69) is 15.6 Å². The highest BCUT2D eigenvalue weighted by molar-refractivity contribution is 7.10. The van der Waals surface area contributed by atoms with Crippen molar-refractivity contribution >= 4 is 34.2 Å². The minimum Gasteiger partial charge on any atom is -0.349 e. The average Bonchev–Trinajstić information content (AvgIpc) is 3.52. The highest BCUT2D eigenvalue weighted by Crippen LogP contribution is 2.28. The topological polar surface area (TPSA) is 80.1 Å². The molecule has 4 aromatic rings. The predicted molar refractivity (Wildman–Crippen MR) is 139 cm³/mol. The van der Waals surface area contributed by atoms with Gasteiger partial charge in [0.2, 0.25) is 11.8 Å². The van der Waals surface area contributed by atoms with Crippen molar-refractivity contribution in [2.24, 2.45) is 0 Å². The van der Waals surface area contributed by atoms with Crippen LogP contribution in [0.4, 0.5) is 0 Å². The van der Waals surface area contributed by atoms with Crippen molar-refractivity contribution in [3.63, 3.8) is 0 Å². The van der Waals surface area contributed by atoms with Gasteiger partial charge in [0.05, 0.1) is 5.52 Å². The van der Waals surface area contributed by atoms with Crippen LogP contribution in [0, 0.1) is 0 Å². The molecular weight excluding hydrogens is 458 g/mol. The Morgan fingerprint density at radius 3 is 2.51 bits per heavy atom. The van der Waals surface area contributed by atoms with Crippen LogP contribution < -0.4 is 5.32 Å². The summed E-state index contributed by atoms with van der Waals surface area (Å²) >= 11 is 1.48. The molecule has 7 nitrogen and oxygen atoms in total. The van der Waals surface area contributed by atoms with Crippen LogP contribution in [0.5, 0.6) is 0 Å². The molecule has 0 aliphatic carbocycles. The molecular formula is C27H31N5O2S. The summed E-state index contributed by atoms with van der Waals surface area (Å²) < 4.78 is 1.60. The molecule has 8 heteroatoms. The van der Waals surface area contributed by atoms with Crippen molar-refractivity contribution < 1.29 is 9.59 Å². The quantitative estimate of drug-likeness (QED) is 0.353. The van der Waals surface area contributed by atoms with E-state index < -0.39 is 6.04 Å².